The van der Waals surface area contributed by atoms with Crippen LogP contribution in [-0.2, 0) is 9.47 Å². The first-order chi connectivity index (χ1) is 9.43. The normalized spacial score (nSPS) is 19.7. The summed E-state index contributed by atoms with van der Waals surface area (Å²) < 4.78 is 11.3. The zero-order chi connectivity index (χ0) is 13.6. The van der Waals surface area contributed by atoms with Crippen molar-refractivity contribution in [3.05, 3.63) is 0 Å². The molecule has 19 heavy (non-hydrogen) atoms. The van der Waals surface area contributed by atoms with E-state index in [1.54, 1.807) is 0 Å². The lowest BCUT2D eigenvalue weighted by Crippen LogP contribution is -2.22. The quantitative estimate of drug-likeness (QED) is 0.349. The molecule has 1 heterocycles. The first-order valence-corrected chi connectivity index (χ1v) is 9.35. The Labute approximate surface area is 127 Å². The van der Waals surface area contributed by atoms with Crippen molar-refractivity contribution in [1.82, 2.24) is 0 Å². The van der Waals surface area contributed by atoms with Gasteiger partial charge in [0.05, 0.1) is 0 Å². The summed E-state index contributed by atoms with van der Waals surface area (Å²) in [7, 11) is 0. The van der Waals surface area contributed by atoms with Crippen molar-refractivity contribution in [3.8, 4) is 0 Å². The number of ether oxygens (including phenoxy) is 2. The summed E-state index contributed by atoms with van der Waals surface area (Å²) in [4.78, 5) is 0. The highest BCUT2D eigenvalue weighted by Gasteiger charge is 2.13. The molecule has 1 saturated heterocycles. The summed E-state index contributed by atoms with van der Waals surface area (Å²) in [5.74, 6) is 0. The van der Waals surface area contributed by atoms with E-state index in [9.17, 15) is 0 Å². The van der Waals surface area contributed by atoms with E-state index in [1.165, 1.54) is 70.6 Å². The zero-order valence-electron chi connectivity index (χ0n) is 12.4. The van der Waals surface area contributed by atoms with E-state index in [1.807, 2.05) is 0 Å². The highest BCUT2D eigenvalue weighted by Crippen LogP contribution is 2.15. The van der Waals surface area contributed by atoms with E-state index >= 15 is 0 Å². The van der Waals surface area contributed by atoms with Crippen LogP contribution in [0.15, 0.2) is 0 Å². The lowest BCUT2D eigenvalue weighted by molar-refractivity contribution is -0.162. The predicted molar refractivity (Wildman–Crippen MR) is 84.9 cm³/mol. The summed E-state index contributed by atoms with van der Waals surface area (Å²) in [6, 6.07) is 0. The fraction of sp³-hybridized carbons (Fsp3) is 1.00. The number of halogens is 1. The van der Waals surface area contributed by atoms with Gasteiger partial charge in [-0.25, -0.2) is 0 Å². The maximum Gasteiger partial charge on any atom is 0.157 e. The molecule has 2 nitrogen and oxygen atoms in total. The molecule has 0 N–H and O–H groups in total. The topological polar surface area (TPSA) is 18.5 Å². The van der Waals surface area contributed by atoms with Crippen molar-refractivity contribution in [2.75, 3.05) is 18.5 Å². The van der Waals surface area contributed by atoms with Crippen LogP contribution in [-0.4, -0.2) is 24.8 Å². The first-order valence-electron chi connectivity index (χ1n) is 8.22. The zero-order valence-corrected chi connectivity index (χ0v) is 14.0. The van der Waals surface area contributed by atoms with Crippen LogP contribution in [0.25, 0.3) is 0 Å². The Balaban J connectivity index is 1.71. The molecule has 0 saturated carbocycles. The minimum atomic E-state index is 0.100. The molecule has 1 fully saturated rings. The van der Waals surface area contributed by atoms with Crippen LogP contribution in [0.5, 0.6) is 0 Å². The molecular formula is C16H31BrO2. The molecule has 3 heteroatoms. The third kappa shape index (κ3) is 10.8. The lowest BCUT2D eigenvalue weighted by Gasteiger charge is -2.22. The fourth-order valence-electron chi connectivity index (χ4n) is 2.49. The van der Waals surface area contributed by atoms with Gasteiger partial charge >= 0.3 is 0 Å². The van der Waals surface area contributed by atoms with Crippen LogP contribution in [0.2, 0.25) is 0 Å². The van der Waals surface area contributed by atoms with Crippen LogP contribution in [0.1, 0.15) is 77.0 Å². The predicted octanol–water partition coefficient (Wildman–Crippen LogP) is 5.44. The third-order valence-electron chi connectivity index (χ3n) is 3.72. The van der Waals surface area contributed by atoms with Gasteiger partial charge in [-0.3, -0.25) is 0 Å². The van der Waals surface area contributed by atoms with Gasteiger partial charge in [0.2, 0.25) is 0 Å². The maximum atomic E-state index is 5.73. The number of rotatable bonds is 12. The summed E-state index contributed by atoms with van der Waals surface area (Å²) in [5, 5.41) is 1.16. The SMILES string of the molecule is BrCCCCCCCCCCCO[C@H]1CCCCO1. The number of hydrogen-bond acceptors (Lipinski definition) is 2. The summed E-state index contributed by atoms with van der Waals surface area (Å²) in [6.07, 6.45) is 15.9. The van der Waals surface area contributed by atoms with Crippen molar-refractivity contribution in [2.24, 2.45) is 0 Å². The van der Waals surface area contributed by atoms with Crippen molar-refractivity contribution in [2.45, 2.75) is 83.3 Å². The van der Waals surface area contributed by atoms with E-state index in [4.69, 9.17) is 9.47 Å². The number of hydrogen-bond donors (Lipinski definition) is 0. The van der Waals surface area contributed by atoms with Crippen molar-refractivity contribution in [3.63, 3.8) is 0 Å². The first kappa shape index (κ1) is 17.5. The number of alkyl halides is 1. The molecule has 1 aliphatic rings. The van der Waals surface area contributed by atoms with Crippen LogP contribution in [0.4, 0.5) is 0 Å². The second kappa shape index (κ2) is 13.4. The van der Waals surface area contributed by atoms with Gasteiger partial charge in [0.1, 0.15) is 0 Å². The van der Waals surface area contributed by atoms with Gasteiger partial charge in [-0.05, 0) is 32.1 Å². The van der Waals surface area contributed by atoms with Crippen LogP contribution >= 0.6 is 15.9 Å². The standard InChI is InChI=1S/C16H31BrO2/c17-13-9-6-4-2-1-3-5-7-10-14-18-16-12-8-11-15-19-16/h16H,1-15H2/t16-/m1/s1. The molecule has 0 radical (unpaired) electrons. The molecule has 1 atom stereocenters. The van der Waals surface area contributed by atoms with Gasteiger partial charge in [-0.2, -0.15) is 0 Å². The van der Waals surface area contributed by atoms with E-state index in [0.29, 0.717) is 0 Å². The van der Waals surface area contributed by atoms with Crippen LogP contribution in [0, 0.1) is 0 Å². The lowest BCUT2D eigenvalue weighted by atomic mass is 10.1. The van der Waals surface area contributed by atoms with Crippen molar-refractivity contribution in [1.29, 1.82) is 0 Å². The van der Waals surface area contributed by atoms with Gasteiger partial charge < -0.3 is 9.47 Å². The highest BCUT2D eigenvalue weighted by atomic mass is 79.9. The fourth-order valence-corrected chi connectivity index (χ4v) is 2.89. The molecule has 114 valence electrons. The minimum Gasteiger partial charge on any atom is -0.353 e. The molecular weight excluding hydrogens is 304 g/mol. The second-order valence-electron chi connectivity index (χ2n) is 5.54. The molecule has 0 aromatic carbocycles. The Hall–Kier alpha value is 0.400. The average Bonchev–Trinajstić information content (AvgIpc) is 2.46. The molecule has 0 aliphatic carbocycles. The van der Waals surface area contributed by atoms with Crippen molar-refractivity contribution < 1.29 is 9.47 Å². The van der Waals surface area contributed by atoms with Gasteiger partial charge in [-0.15, -0.1) is 0 Å². The Morgan fingerprint density at radius 2 is 1.47 bits per heavy atom. The molecule has 0 aromatic heterocycles. The summed E-state index contributed by atoms with van der Waals surface area (Å²) >= 11 is 3.48. The van der Waals surface area contributed by atoms with Crippen LogP contribution in [0.3, 0.4) is 0 Å². The van der Waals surface area contributed by atoms with Gasteiger partial charge in [0.25, 0.3) is 0 Å². The van der Waals surface area contributed by atoms with Gasteiger partial charge in [0, 0.05) is 18.5 Å². The highest BCUT2D eigenvalue weighted by molar-refractivity contribution is 9.09. The molecule has 0 spiro atoms. The Morgan fingerprint density at radius 3 is 2.05 bits per heavy atom. The average molecular weight is 335 g/mol. The second-order valence-corrected chi connectivity index (χ2v) is 6.33. The van der Waals surface area contributed by atoms with Crippen LogP contribution < -0.4 is 0 Å². The smallest absolute Gasteiger partial charge is 0.157 e. The van der Waals surface area contributed by atoms with E-state index < -0.39 is 0 Å². The summed E-state index contributed by atoms with van der Waals surface area (Å²) in [5.41, 5.74) is 0. The minimum absolute atomic E-state index is 0.100. The molecule has 1 rings (SSSR count). The Morgan fingerprint density at radius 1 is 0.842 bits per heavy atom. The van der Waals surface area contributed by atoms with Gasteiger partial charge in [0.15, 0.2) is 6.29 Å². The largest absolute Gasteiger partial charge is 0.353 e. The monoisotopic (exact) mass is 334 g/mol. The molecule has 0 unspecified atom stereocenters. The Bertz CT molecular complexity index is 182. The third-order valence-corrected chi connectivity index (χ3v) is 4.28. The maximum absolute atomic E-state index is 5.73. The number of unbranched alkanes of at least 4 members (excludes halogenated alkanes) is 8. The van der Waals surface area contributed by atoms with E-state index in [2.05, 4.69) is 15.9 Å². The van der Waals surface area contributed by atoms with E-state index in [-0.39, 0.29) is 6.29 Å². The molecule has 1 aliphatic heterocycles. The molecule has 0 amide bonds. The van der Waals surface area contributed by atoms with Gasteiger partial charge in [-0.1, -0.05) is 60.9 Å². The van der Waals surface area contributed by atoms with Crippen molar-refractivity contribution >= 4 is 15.9 Å². The Kier molecular flexibility index (Phi) is 12.3. The summed E-state index contributed by atoms with van der Waals surface area (Å²) in [6.45, 7) is 1.77. The molecule has 0 aromatic rings. The van der Waals surface area contributed by atoms with E-state index in [0.717, 1.165) is 25.0 Å². The molecule has 0 bridgehead atoms.